The molecule has 2 rings (SSSR count). The predicted octanol–water partition coefficient (Wildman–Crippen LogP) is 1.21. The number of nitrogens with one attached hydrogen (secondary N) is 1. The van der Waals surface area contributed by atoms with E-state index in [1.807, 2.05) is 24.3 Å². The van der Waals surface area contributed by atoms with Crippen LogP contribution in [0, 0.1) is 23.7 Å². The van der Waals surface area contributed by atoms with Crippen LogP contribution in [0.15, 0.2) is 30.3 Å². The van der Waals surface area contributed by atoms with Gasteiger partial charge in [0.2, 0.25) is 0 Å². The minimum Gasteiger partial charge on any atom is -0.395 e. The molecule has 0 fully saturated rings. The Balaban J connectivity index is 1.97. The van der Waals surface area contributed by atoms with E-state index < -0.39 is 20.5 Å². The highest BCUT2D eigenvalue weighted by Crippen LogP contribution is 2.25. The average molecular weight is 445 g/mol. The Morgan fingerprint density at radius 3 is 2.52 bits per heavy atom. The number of hydrogen-bond acceptors (Lipinski definition) is 6. The van der Waals surface area contributed by atoms with Gasteiger partial charge in [-0.1, -0.05) is 30.0 Å². The topological polar surface area (TPSA) is 107 Å². The summed E-state index contributed by atoms with van der Waals surface area (Å²) in [6, 6.07) is 7.90. The molecule has 1 unspecified atom stereocenters. The summed E-state index contributed by atoms with van der Waals surface area (Å²) in [6.07, 6.45) is 4.43. The molecule has 0 saturated carbocycles. The van der Waals surface area contributed by atoms with Crippen LogP contribution in [0.3, 0.4) is 0 Å². The first kappa shape index (κ1) is 24.6. The van der Waals surface area contributed by atoms with Gasteiger partial charge in [-0.2, -0.15) is 0 Å². The molecule has 166 valence electrons. The van der Waals surface area contributed by atoms with Crippen LogP contribution in [0.2, 0.25) is 0 Å². The highest BCUT2D eigenvalue weighted by Gasteiger charge is 2.43. The van der Waals surface area contributed by atoms with E-state index in [-0.39, 0.29) is 13.0 Å². The highest BCUT2D eigenvalue weighted by molar-refractivity contribution is 7.92. The number of hydrogen-bond donors (Lipinski definition) is 3. The van der Waals surface area contributed by atoms with Crippen LogP contribution in [-0.4, -0.2) is 66.8 Å². The monoisotopic (exact) mass is 444 g/mol. The van der Waals surface area contributed by atoms with E-state index in [0.29, 0.717) is 19.5 Å². The van der Waals surface area contributed by atoms with Crippen LogP contribution in [0.4, 0.5) is 0 Å². The molecule has 0 radical (unpaired) electrons. The van der Waals surface area contributed by atoms with E-state index in [1.165, 1.54) is 18.0 Å². The maximum atomic E-state index is 12.1. The molecule has 1 aliphatic heterocycles. The summed E-state index contributed by atoms with van der Waals surface area (Å²) in [5.41, 5.74) is 4.66. The van der Waals surface area contributed by atoms with Gasteiger partial charge >= 0.3 is 0 Å². The SMILES string of the molecule is CC(CCN1CC=C(c2ccc(C#CC#CCCO)cc2)CC1)(C(=O)NO)S(C)(=O)=O. The van der Waals surface area contributed by atoms with Gasteiger partial charge in [-0.3, -0.25) is 14.9 Å². The molecule has 8 heteroatoms. The van der Waals surface area contributed by atoms with Gasteiger partial charge in [-0.25, -0.2) is 13.9 Å². The van der Waals surface area contributed by atoms with E-state index in [0.717, 1.165) is 30.3 Å². The second-order valence-electron chi connectivity index (χ2n) is 7.58. The van der Waals surface area contributed by atoms with Crippen LogP contribution in [-0.2, 0) is 14.6 Å². The van der Waals surface area contributed by atoms with Gasteiger partial charge in [0.25, 0.3) is 5.91 Å². The Bertz CT molecular complexity index is 1040. The molecule has 7 nitrogen and oxygen atoms in total. The first-order chi connectivity index (χ1) is 14.7. The summed E-state index contributed by atoms with van der Waals surface area (Å²) < 4.78 is 22.5. The second kappa shape index (κ2) is 11.1. The van der Waals surface area contributed by atoms with E-state index >= 15 is 0 Å². The van der Waals surface area contributed by atoms with Crippen LogP contribution in [0.5, 0.6) is 0 Å². The van der Waals surface area contributed by atoms with Crippen LogP contribution >= 0.6 is 0 Å². The summed E-state index contributed by atoms with van der Waals surface area (Å²) in [4.78, 5) is 14.0. The Morgan fingerprint density at radius 1 is 1.26 bits per heavy atom. The standard InChI is InChI=1S/C23H28N2O5S/c1-23(22(27)24-28,31(2,29)30)14-17-25-15-12-21(13-16-25)20-10-8-19(9-11-20)7-5-3-4-6-18-26/h8-12,26,28H,6,13-18H2,1-2H3,(H,24,27). The summed E-state index contributed by atoms with van der Waals surface area (Å²) in [6.45, 7) is 3.19. The number of amides is 1. The fourth-order valence-corrected chi connectivity index (χ4v) is 4.01. The third-order valence-electron chi connectivity index (χ3n) is 5.45. The van der Waals surface area contributed by atoms with Crippen molar-refractivity contribution in [3.8, 4) is 23.7 Å². The van der Waals surface area contributed by atoms with Gasteiger partial charge < -0.3 is 5.11 Å². The third-order valence-corrected chi connectivity index (χ3v) is 7.48. The normalized spacial score (nSPS) is 16.1. The molecule has 1 amide bonds. The van der Waals surface area contributed by atoms with E-state index in [2.05, 4.69) is 34.7 Å². The number of carbonyl (C=O) groups is 1. The van der Waals surface area contributed by atoms with Crippen molar-refractivity contribution in [1.29, 1.82) is 0 Å². The van der Waals surface area contributed by atoms with Crippen LogP contribution in [0.1, 0.15) is 37.3 Å². The van der Waals surface area contributed by atoms with E-state index in [1.54, 1.807) is 0 Å². The van der Waals surface area contributed by atoms with Crippen LogP contribution < -0.4 is 5.48 Å². The van der Waals surface area contributed by atoms with Gasteiger partial charge in [-0.15, -0.1) is 0 Å². The van der Waals surface area contributed by atoms with Crippen molar-refractivity contribution in [3.05, 3.63) is 41.5 Å². The molecule has 0 bridgehead atoms. The zero-order valence-electron chi connectivity index (χ0n) is 17.8. The Hall–Kier alpha value is -2.62. The summed E-state index contributed by atoms with van der Waals surface area (Å²) in [5, 5.41) is 17.6. The molecule has 1 aromatic carbocycles. The molecule has 0 saturated heterocycles. The highest BCUT2D eigenvalue weighted by atomic mass is 32.2. The molecular formula is C23H28N2O5S. The number of aliphatic hydroxyl groups excluding tert-OH is 1. The first-order valence-corrected chi connectivity index (χ1v) is 11.9. The molecule has 0 aliphatic carbocycles. The van der Waals surface area contributed by atoms with Gasteiger partial charge in [0.1, 0.15) is 0 Å². The summed E-state index contributed by atoms with van der Waals surface area (Å²) >= 11 is 0. The van der Waals surface area contributed by atoms with E-state index in [9.17, 15) is 13.2 Å². The van der Waals surface area contributed by atoms with Crippen molar-refractivity contribution < 1.29 is 23.5 Å². The minimum absolute atomic E-state index is 0.0327. The van der Waals surface area contributed by atoms with Crippen molar-refractivity contribution in [3.63, 3.8) is 0 Å². The van der Waals surface area contributed by atoms with Crippen molar-refractivity contribution in [2.24, 2.45) is 0 Å². The van der Waals surface area contributed by atoms with E-state index in [4.69, 9.17) is 10.3 Å². The lowest BCUT2D eigenvalue weighted by molar-refractivity contribution is -0.131. The lowest BCUT2D eigenvalue weighted by Gasteiger charge is -2.31. The average Bonchev–Trinajstić information content (AvgIpc) is 2.76. The third kappa shape index (κ3) is 6.68. The molecule has 1 heterocycles. The van der Waals surface area contributed by atoms with Gasteiger partial charge in [0.15, 0.2) is 14.6 Å². The second-order valence-corrected chi connectivity index (χ2v) is 10.0. The van der Waals surface area contributed by atoms with Crippen molar-refractivity contribution in [2.45, 2.75) is 30.9 Å². The summed E-state index contributed by atoms with van der Waals surface area (Å²) in [7, 11) is -3.69. The van der Waals surface area contributed by atoms with Gasteiger partial charge in [0, 0.05) is 37.9 Å². The minimum atomic E-state index is -3.69. The number of nitrogens with zero attached hydrogens (tertiary/aromatic N) is 1. The molecule has 1 aromatic rings. The van der Waals surface area contributed by atoms with Crippen LogP contribution in [0.25, 0.3) is 5.57 Å². The molecule has 1 aliphatic rings. The summed E-state index contributed by atoms with van der Waals surface area (Å²) in [5.74, 6) is 10.3. The smallest absolute Gasteiger partial charge is 0.264 e. The number of benzene rings is 1. The number of aliphatic hydroxyl groups is 1. The number of sulfone groups is 1. The lowest BCUT2D eigenvalue weighted by Crippen LogP contribution is -2.51. The largest absolute Gasteiger partial charge is 0.395 e. The first-order valence-electron chi connectivity index (χ1n) is 9.97. The molecule has 0 aromatic heterocycles. The van der Waals surface area contributed by atoms with Crippen molar-refractivity contribution in [1.82, 2.24) is 10.4 Å². The molecule has 0 spiro atoms. The predicted molar refractivity (Wildman–Crippen MR) is 120 cm³/mol. The molecule has 1 atom stereocenters. The fraction of sp³-hybridized carbons (Fsp3) is 0.435. The Morgan fingerprint density at radius 2 is 1.97 bits per heavy atom. The maximum Gasteiger partial charge on any atom is 0.264 e. The quantitative estimate of drug-likeness (QED) is 0.332. The fourth-order valence-electron chi connectivity index (χ4n) is 3.17. The zero-order chi connectivity index (χ0) is 22.9. The Kier molecular flexibility index (Phi) is 8.85. The van der Waals surface area contributed by atoms with Gasteiger partial charge in [-0.05, 0) is 54.9 Å². The number of carbonyl (C=O) groups excluding carboxylic acids is 1. The van der Waals surface area contributed by atoms with Crippen molar-refractivity contribution >= 4 is 21.3 Å². The molecule has 3 N–H and O–H groups in total. The Labute approximate surface area is 184 Å². The zero-order valence-corrected chi connectivity index (χ0v) is 18.6. The lowest BCUT2D eigenvalue weighted by atomic mass is 9.98. The number of rotatable bonds is 7. The van der Waals surface area contributed by atoms with Crippen molar-refractivity contribution in [2.75, 3.05) is 32.5 Å². The van der Waals surface area contributed by atoms with Gasteiger partial charge in [0.05, 0.1) is 6.61 Å². The maximum absolute atomic E-state index is 12.1. The molecule has 31 heavy (non-hydrogen) atoms. The number of hydroxylamine groups is 1. The molecular weight excluding hydrogens is 416 g/mol.